The van der Waals surface area contributed by atoms with Crippen LogP contribution < -0.4 is 5.32 Å². The minimum atomic E-state index is -0.523. The summed E-state index contributed by atoms with van der Waals surface area (Å²) in [6.45, 7) is 0. The largest absolute Gasteiger partial charge is 0.504 e. The van der Waals surface area contributed by atoms with Crippen LogP contribution in [0.2, 0.25) is 10.0 Å². The van der Waals surface area contributed by atoms with Gasteiger partial charge in [0, 0.05) is 18.0 Å². The Kier molecular flexibility index (Phi) is 3.78. The number of anilines is 1. The van der Waals surface area contributed by atoms with Crippen LogP contribution in [-0.2, 0) is 0 Å². The van der Waals surface area contributed by atoms with E-state index in [1.807, 2.05) is 0 Å². The molecule has 0 aliphatic rings. The number of hydrogen-bond acceptors (Lipinski definition) is 4. The first-order valence-corrected chi connectivity index (χ1v) is 5.87. The number of rotatable bonds is 2. The van der Waals surface area contributed by atoms with Gasteiger partial charge in [0.05, 0.1) is 15.7 Å². The molecule has 0 bridgehead atoms. The van der Waals surface area contributed by atoms with Crippen LogP contribution in [0.15, 0.2) is 30.6 Å². The number of nitrogens with one attached hydrogen (secondary N) is 1. The Morgan fingerprint density at radius 2 is 1.74 bits per heavy atom. The molecule has 2 aromatic rings. The molecule has 98 valence electrons. The second-order valence-electron chi connectivity index (χ2n) is 3.64. The second-order valence-corrected chi connectivity index (χ2v) is 4.45. The fourth-order valence-electron chi connectivity index (χ4n) is 1.38. The third kappa shape index (κ3) is 2.89. The molecule has 1 heterocycles. The van der Waals surface area contributed by atoms with Crippen molar-refractivity contribution in [2.75, 3.05) is 5.32 Å². The van der Waals surface area contributed by atoms with Gasteiger partial charge >= 0.3 is 0 Å². The first-order valence-electron chi connectivity index (χ1n) is 5.11. The summed E-state index contributed by atoms with van der Waals surface area (Å²) in [6, 6.07) is 3.70. The molecule has 2 rings (SSSR count). The van der Waals surface area contributed by atoms with Crippen LogP contribution in [0.1, 0.15) is 10.4 Å². The van der Waals surface area contributed by atoms with E-state index in [0.717, 1.165) is 6.07 Å². The molecule has 1 aromatic heterocycles. The molecule has 19 heavy (non-hydrogen) atoms. The van der Waals surface area contributed by atoms with Crippen LogP contribution in [0.4, 0.5) is 5.69 Å². The summed E-state index contributed by atoms with van der Waals surface area (Å²) in [4.78, 5) is 15.7. The van der Waals surface area contributed by atoms with Gasteiger partial charge in [-0.3, -0.25) is 9.78 Å². The third-order valence-corrected chi connectivity index (χ3v) is 2.90. The summed E-state index contributed by atoms with van der Waals surface area (Å²) in [5, 5.41) is 21.4. The van der Waals surface area contributed by atoms with Crippen LogP contribution in [-0.4, -0.2) is 21.1 Å². The average Bonchev–Trinajstić information content (AvgIpc) is 2.37. The number of halogens is 2. The maximum absolute atomic E-state index is 11.9. The fraction of sp³-hybridized carbons (Fsp3) is 0. The average molecular weight is 299 g/mol. The highest BCUT2D eigenvalue weighted by Crippen LogP contribution is 2.30. The van der Waals surface area contributed by atoms with Gasteiger partial charge in [-0.05, 0) is 18.2 Å². The van der Waals surface area contributed by atoms with Gasteiger partial charge in [-0.2, -0.15) is 0 Å². The Balaban J connectivity index is 2.28. The van der Waals surface area contributed by atoms with Gasteiger partial charge in [0.25, 0.3) is 5.91 Å². The monoisotopic (exact) mass is 298 g/mol. The van der Waals surface area contributed by atoms with Gasteiger partial charge in [-0.1, -0.05) is 23.2 Å². The number of nitrogens with zero attached hydrogens (tertiary/aromatic N) is 1. The number of phenols is 2. The van der Waals surface area contributed by atoms with E-state index in [4.69, 9.17) is 23.2 Å². The molecule has 1 aromatic carbocycles. The number of aromatic hydroxyl groups is 2. The minimum absolute atomic E-state index is 0.152. The van der Waals surface area contributed by atoms with E-state index < -0.39 is 5.91 Å². The van der Waals surface area contributed by atoms with Crippen LogP contribution in [0.3, 0.4) is 0 Å². The third-order valence-electron chi connectivity index (χ3n) is 2.33. The van der Waals surface area contributed by atoms with Gasteiger partial charge in [0.1, 0.15) is 0 Å². The van der Waals surface area contributed by atoms with E-state index >= 15 is 0 Å². The molecule has 0 saturated carbocycles. The Hall–Kier alpha value is -1.98. The minimum Gasteiger partial charge on any atom is -0.504 e. The van der Waals surface area contributed by atoms with Crippen molar-refractivity contribution >= 4 is 34.8 Å². The zero-order chi connectivity index (χ0) is 14.0. The summed E-state index contributed by atoms with van der Waals surface area (Å²) in [7, 11) is 0. The predicted molar refractivity (Wildman–Crippen MR) is 72.0 cm³/mol. The molecule has 7 heteroatoms. The number of hydrogen-bond donors (Lipinski definition) is 3. The summed E-state index contributed by atoms with van der Waals surface area (Å²) < 4.78 is 0. The number of carbonyl (C=O) groups excluding carboxylic acids is 1. The molecule has 0 fully saturated rings. The number of aromatic nitrogens is 1. The molecule has 0 radical (unpaired) electrons. The number of pyridine rings is 1. The predicted octanol–water partition coefficient (Wildman–Crippen LogP) is 3.05. The maximum atomic E-state index is 11.9. The highest BCUT2D eigenvalue weighted by Gasteiger charge is 2.13. The van der Waals surface area contributed by atoms with Gasteiger partial charge in [0.15, 0.2) is 11.5 Å². The van der Waals surface area contributed by atoms with Gasteiger partial charge in [-0.25, -0.2) is 0 Å². The fourth-order valence-corrected chi connectivity index (χ4v) is 1.84. The quantitative estimate of drug-likeness (QED) is 0.744. The molecule has 0 aliphatic heterocycles. The van der Waals surface area contributed by atoms with E-state index in [2.05, 4.69) is 10.3 Å². The Bertz CT molecular complexity index is 627. The van der Waals surface area contributed by atoms with Crippen LogP contribution >= 0.6 is 23.2 Å². The van der Waals surface area contributed by atoms with E-state index in [1.54, 1.807) is 0 Å². The van der Waals surface area contributed by atoms with E-state index in [9.17, 15) is 15.0 Å². The van der Waals surface area contributed by atoms with Crippen LogP contribution in [0.5, 0.6) is 11.5 Å². The van der Waals surface area contributed by atoms with Crippen molar-refractivity contribution in [3.63, 3.8) is 0 Å². The van der Waals surface area contributed by atoms with Crippen LogP contribution in [0.25, 0.3) is 0 Å². The SMILES string of the molecule is O=C(Nc1c(Cl)cncc1Cl)c1ccc(O)c(O)c1. The molecular weight excluding hydrogens is 291 g/mol. The van der Waals surface area contributed by atoms with Gasteiger partial charge in [0.2, 0.25) is 0 Å². The summed E-state index contributed by atoms with van der Waals surface area (Å²) in [5.74, 6) is -1.22. The molecule has 3 N–H and O–H groups in total. The topological polar surface area (TPSA) is 82.5 Å². The number of phenolic OH excluding ortho intramolecular Hbond substituents is 2. The van der Waals surface area contributed by atoms with Crippen molar-refractivity contribution in [2.45, 2.75) is 0 Å². The highest BCUT2D eigenvalue weighted by atomic mass is 35.5. The first kappa shape index (κ1) is 13.5. The zero-order valence-corrected chi connectivity index (χ0v) is 10.9. The number of benzene rings is 1. The van der Waals surface area contributed by atoms with Crippen molar-refractivity contribution < 1.29 is 15.0 Å². The van der Waals surface area contributed by atoms with Crippen molar-refractivity contribution in [3.05, 3.63) is 46.2 Å². The smallest absolute Gasteiger partial charge is 0.255 e. The van der Waals surface area contributed by atoms with E-state index in [-0.39, 0.29) is 32.8 Å². The Labute approximate surface area is 118 Å². The van der Waals surface area contributed by atoms with Crippen molar-refractivity contribution in [1.82, 2.24) is 4.98 Å². The summed E-state index contributed by atoms with van der Waals surface area (Å²) >= 11 is 11.7. The van der Waals surface area contributed by atoms with Crippen molar-refractivity contribution in [1.29, 1.82) is 0 Å². The van der Waals surface area contributed by atoms with Crippen molar-refractivity contribution in [2.24, 2.45) is 0 Å². The number of amides is 1. The maximum Gasteiger partial charge on any atom is 0.255 e. The Morgan fingerprint density at radius 1 is 1.11 bits per heavy atom. The van der Waals surface area contributed by atoms with E-state index in [0.29, 0.717) is 0 Å². The lowest BCUT2D eigenvalue weighted by atomic mass is 10.2. The molecule has 0 unspecified atom stereocenters. The summed E-state index contributed by atoms with van der Waals surface area (Å²) in [5.41, 5.74) is 0.384. The molecular formula is C12H8Cl2N2O3. The molecule has 0 aliphatic carbocycles. The molecule has 1 amide bonds. The molecule has 0 spiro atoms. The molecule has 0 saturated heterocycles. The Morgan fingerprint density at radius 3 is 2.32 bits per heavy atom. The van der Waals surface area contributed by atoms with Crippen LogP contribution in [0, 0.1) is 0 Å². The molecule has 5 nitrogen and oxygen atoms in total. The molecule has 0 atom stereocenters. The normalized spacial score (nSPS) is 10.2. The summed E-state index contributed by atoms with van der Waals surface area (Å²) in [6.07, 6.45) is 2.69. The first-order chi connectivity index (χ1) is 8.99. The highest BCUT2D eigenvalue weighted by molar-refractivity contribution is 6.39. The zero-order valence-electron chi connectivity index (χ0n) is 9.39. The lowest BCUT2D eigenvalue weighted by Crippen LogP contribution is -2.12. The van der Waals surface area contributed by atoms with E-state index in [1.165, 1.54) is 24.5 Å². The lowest BCUT2D eigenvalue weighted by Gasteiger charge is -2.09. The van der Waals surface area contributed by atoms with Gasteiger partial charge in [-0.15, -0.1) is 0 Å². The van der Waals surface area contributed by atoms with Gasteiger partial charge < -0.3 is 15.5 Å². The standard InChI is InChI=1S/C12H8Cl2N2O3/c13-7-4-15-5-8(14)11(7)16-12(19)6-1-2-9(17)10(18)3-6/h1-5,17-18H,(H,15,16,19). The van der Waals surface area contributed by atoms with Crippen molar-refractivity contribution in [3.8, 4) is 11.5 Å². The second kappa shape index (κ2) is 5.34. The lowest BCUT2D eigenvalue weighted by molar-refractivity contribution is 0.102. The number of carbonyl (C=O) groups is 1.